The molecule has 0 heterocycles. The Morgan fingerprint density at radius 2 is 1.67 bits per heavy atom. The number of benzene rings is 2. The van der Waals surface area contributed by atoms with Gasteiger partial charge in [0.1, 0.15) is 24.0 Å². The summed E-state index contributed by atoms with van der Waals surface area (Å²) < 4.78 is 32.3. The molecule has 146 valence electrons. The number of halogens is 2. The van der Waals surface area contributed by atoms with E-state index in [4.69, 9.17) is 4.74 Å². The molecule has 0 unspecified atom stereocenters. The van der Waals surface area contributed by atoms with Crippen molar-refractivity contribution in [2.24, 2.45) is 5.92 Å². The molecule has 0 amide bonds. The van der Waals surface area contributed by atoms with Gasteiger partial charge in [0.05, 0.1) is 0 Å². The Labute approximate surface area is 161 Å². The summed E-state index contributed by atoms with van der Waals surface area (Å²) in [7, 11) is 0. The molecule has 0 saturated heterocycles. The highest BCUT2D eigenvalue weighted by Gasteiger charge is 2.22. The van der Waals surface area contributed by atoms with Crippen LogP contribution in [0.3, 0.4) is 0 Å². The third-order valence-corrected chi connectivity index (χ3v) is 5.82. The van der Waals surface area contributed by atoms with Crippen LogP contribution in [0.4, 0.5) is 8.78 Å². The lowest BCUT2D eigenvalue weighted by molar-refractivity contribution is 0.296. The van der Waals surface area contributed by atoms with Crippen LogP contribution in [0.15, 0.2) is 42.5 Å². The number of hydrogen-bond acceptors (Lipinski definition) is 1. The zero-order valence-corrected chi connectivity index (χ0v) is 16.2. The van der Waals surface area contributed by atoms with Crippen molar-refractivity contribution in [1.82, 2.24) is 0 Å². The van der Waals surface area contributed by atoms with E-state index < -0.39 is 11.6 Å². The van der Waals surface area contributed by atoms with Crippen molar-refractivity contribution in [3.63, 3.8) is 0 Å². The molecule has 2 aromatic carbocycles. The van der Waals surface area contributed by atoms with Gasteiger partial charge in [-0.2, -0.15) is 0 Å². The average Bonchev–Trinajstić information content (AvgIpc) is 2.69. The predicted molar refractivity (Wildman–Crippen MR) is 106 cm³/mol. The first-order chi connectivity index (χ1) is 13.2. The van der Waals surface area contributed by atoms with Gasteiger partial charge in [0.2, 0.25) is 0 Å². The lowest BCUT2D eigenvalue weighted by Crippen LogP contribution is -2.13. The molecular formula is C24H30F2O. The van der Waals surface area contributed by atoms with Crippen molar-refractivity contribution in [3.8, 4) is 5.75 Å². The fraction of sp³-hybridized carbons (Fsp3) is 0.500. The Kier molecular flexibility index (Phi) is 7.25. The van der Waals surface area contributed by atoms with Crippen LogP contribution in [-0.2, 0) is 6.61 Å². The lowest BCUT2D eigenvalue weighted by atomic mass is 9.77. The molecule has 1 fully saturated rings. The van der Waals surface area contributed by atoms with E-state index in [2.05, 4.69) is 19.1 Å². The van der Waals surface area contributed by atoms with Crippen LogP contribution in [-0.4, -0.2) is 0 Å². The lowest BCUT2D eigenvalue weighted by Gasteiger charge is -2.29. The van der Waals surface area contributed by atoms with Gasteiger partial charge in [-0.05, 0) is 67.3 Å². The van der Waals surface area contributed by atoms with E-state index in [9.17, 15) is 8.78 Å². The summed E-state index contributed by atoms with van der Waals surface area (Å²) in [5, 5.41) is 0. The van der Waals surface area contributed by atoms with Gasteiger partial charge in [0, 0.05) is 11.6 Å². The third-order valence-electron chi connectivity index (χ3n) is 5.82. The smallest absolute Gasteiger partial charge is 0.132 e. The van der Waals surface area contributed by atoms with Gasteiger partial charge in [0.15, 0.2) is 0 Å². The molecule has 0 bridgehead atoms. The standard InChI is InChI=1S/C24H30F2O/c1-2-3-4-5-18-6-8-19(9-7-18)20-11-14-23(15-12-20)27-17-21-10-13-22(25)16-24(21)26/h10-16,18-19H,2-9,17H2,1H3/t18-,19-. The van der Waals surface area contributed by atoms with Gasteiger partial charge in [0.25, 0.3) is 0 Å². The molecule has 0 aliphatic heterocycles. The van der Waals surface area contributed by atoms with E-state index >= 15 is 0 Å². The maximum Gasteiger partial charge on any atom is 0.132 e. The van der Waals surface area contributed by atoms with Crippen molar-refractivity contribution in [2.45, 2.75) is 70.8 Å². The Balaban J connectivity index is 1.47. The van der Waals surface area contributed by atoms with E-state index in [-0.39, 0.29) is 6.61 Å². The zero-order valence-electron chi connectivity index (χ0n) is 16.2. The van der Waals surface area contributed by atoms with E-state index in [1.54, 1.807) is 0 Å². The zero-order chi connectivity index (χ0) is 19.1. The Hall–Kier alpha value is -1.90. The molecule has 1 saturated carbocycles. The molecule has 0 atom stereocenters. The van der Waals surface area contributed by atoms with Crippen LogP contribution in [0.5, 0.6) is 5.75 Å². The molecule has 0 radical (unpaired) electrons. The second kappa shape index (κ2) is 9.87. The van der Waals surface area contributed by atoms with E-state index in [1.807, 2.05) is 12.1 Å². The van der Waals surface area contributed by atoms with E-state index in [0.29, 0.717) is 11.5 Å². The Morgan fingerprint density at radius 3 is 2.33 bits per heavy atom. The first-order valence-corrected chi connectivity index (χ1v) is 10.3. The summed E-state index contributed by atoms with van der Waals surface area (Å²) in [6.45, 7) is 2.37. The first-order valence-electron chi connectivity index (χ1n) is 10.3. The monoisotopic (exact) mass is 372 g/mol. The molecule has 1 aliphatic rings. The second-order valence-electron chi connectivity index (χ2n) is 7.81. The van der Waals surface area contributed by atoms with Gasteiger partial charge >= 0.3 is 0 Å². The minimum absolute atomic E-state index is 0.105. The van der Waals surface area contributed by atoms with Crippen LogP contribution in [0, 0.1) is 17.6 Å². The number of unbranched alkanes of at least 4 members (excludes halogenated alkanes) is 2. The van der Waals surface area contributed by atoms with E-state index in [1.165, 1.54) is 69.1 Å². The molecule has 0 aromatic heterocycles. The molecule has 0 N–H and O–H groups in total. The van der Waals surface area contributed by atoms with Crippen LogP contribution in [0.2, 0.25) is 0 Å². The van der Waals surface area contributed by atoms with Gasteiger partial charge in [-0.3, -0.25) is 0 Å². The highest BCUT2D eigenvalue weighted by molar-refractivity contribution is 5.30. The average molecular weight is 372 g/mol. The Bertz CT molecular complexity index is 703. The fourth-order valence-electron chi connectivity index (χ4n) is 4.10. The summed E-state index contributed by atoms with van der Waals surface area (Å²) in [5.74, 6) is 1.15. The second-order valence-corrected chi connectivity index (χ2v) is 7.81. The van der Waals surface area contributed by atoms with Crippen LogP contribution < -0.4 is 4.74 Å². The minimum Gasteiger partial charge on any atom is -0.489 e. The minimum atomic E-state index is -0.569. The molecule has 27 heavy (non-hydrogen) atoms. The summed E-state index contributed by atoms with van der Waals surface area (Å²) >= 11 is 0. The molecule has 3 rings (SSSR count). The quantitative estimate of drug-likeness (QED) is 0.439. The molecule has 1 nitrogen and oxygen atoms in total. The van der Waals surface area contributed by atoms with Crippen molar-refractivity contribution < 1.29 is 13.5 Å². The molecule has 1 aliphatic carbocycles. The van der Waals surface area contributed by atoms with Crippen LogP contribution in [0.1, 0.15) is 75.3 Å². The number of ether oxygens (including phenoxy) is 1. The maximum absolute atomic E-state index is 13.7. The van der Waals surface area contributed by atoms with Crippen molar-refractivity contribution in [2.75, 3.05) is 0 Å². The molecule has 3 heteroatoms. The predicted octanol–water partition coefficient (Wildman–Crippen LogP) is 7.40. The largest absolute Gasteiger partial charge is 0.489 e. The summed E-state index contributed by atoms with van der Waals surface area (Å²) in [5.41, 5.74) is 1.74. The highest BCUT2D eigenvalue weighted by atomic mass is 19.1. The molecule has 0 spiro atoms. The van der Waals surface area contributed by atoms with Gasteiger partial charge in [-0.25, -0.2) is 8.78 Å². The van der Waals surface area contributed by atoms with Gasteiger partial charge < -0.3 is 4.74 Å². The Morgan fingerprint density at radius 1 is 0.926 bits per heavy atom. The maximum atomic E-state index is 13.7. The number of rotatable bonds is 8. The van der Waals surface area contributed by atoms with Gasteiger partial charge in [-0.1, -0.05) is 44.7 Å². The summed E-state index contributed by atoms with van der Waals surface area (Å²) in [4.78, 5) is 0. The summed E-state index contributed by atoms with van der Waals surface area (Å²) in [6, 6.07) is 11.8. The molecular weight excluding hydrogens is 342 g/mol. The topological polar surface area (TPSA) is 9.23 Å². The third kappa shape index (κ3) is 5.79. The van der Waals surface area contributed by atoms with Crippen molar-refractivity contribution in [1.29, 1.82) is 0 Å². The SMILES string of the molecule is CCCCC[C@H]1CC[C@H](c2ccc(OCc3ccc(F)cc3F)cc2)CC1. The fourth-order valence-corrected chi connectivity index (χ4v) is 4.10. The van der Waals surface area contributed by atoms with Crippen molar-refractivity contribution in [3.05, 3.63) is 65.2 Å². The van der Waals surface area contributed by atoms with Gasteiger partial charge in [-0.15, -0.1) is 0 Å². The molecule has 2 aromatic rings. The van der Waals surface area contributed by atoms with E-state index in [0.717, 1.165) is 17.7 Å². The number of hydrogen-bond donors (Lipinski definition) is 0. The van der Waals surface area contributed by atoms with Crippen molar-refractivity contribution >= 4 is 0 Å². The first kappa shape index (κ1) is 19.9. The normalized spacial score (nSPS) is 19.8. The summed E-state index contributed by atoms with van der Waals surface area (Å²) in [6.07, 6.45) is 10.7. The highest BCUT2D eigenvalue weighted by Crippen LogP contribution is 2.38. The van der Waals surface area contributed by atoms with Crippen LogP contribution >= 0.6 is 0 Å². The van der Waals surface area contributed by atoms with Crippen LogP contribution in [0.25, 0.3) is 0 Å².